The summed E-state index contributed by atoms with van der Waals surface area (Å²) >= 11 is 1.37. The number of carbonyl (C=O) groups is 2. The molecular formula is C18H37CeO5. The van der Waals surface area contributed by atoms with E-state index in [4.69, 9.17) is 4.74 Å². The van der Waals surface area contributed by atoms with Crippen molar-refractivity contribution in [1.82, 2.24) is 0 Å². The molecule has 0 fully saturated rings. The molecule has 6 heteroatoms. The zero-order valence-electron chi connectivity index (χ0n) is 16.3. The second kappa shape index (κ2) is 34.6. The Kier molecular flexibility index (Phi) is 46.1. The number of ether oxygens (including phenoxy) is 1. The van der Waals surface area contributed by atoms with Crippen LogP contribution in [0, 0.1) is 39.6 Å². The van der Waals surface area contributed by atoms with E-state index in [2.05, 4.69) is 6.92 Å². The van der Waals surface area contributed by atoms with Gasteiger partial charge in [0.05, 0.1) is 0 Å². The second-order valence-electron chi connectivity index (χ2n) is 4.79. The third-order valence-electron chi connectivity index (χ3n) is 2.38. The molecule has 0 aliphatic carbocycles. The zero-order chi connectivity index (χ0) is 19.6. The predicted octanol–water partition coefficient (Wildman–Crippen LogP) is 2.65. The van der Waals surface area contributed by atoms with Gasteiger partial charge < -0.3 is 24.5 Å². The SMILES string of the molecule is CCCCCC(=O)[O-].CCCCCC(=O)[O-].CCOCC.C[CH2][Ce+2]. The van der Waals surface area contributed by atoms with E-state index in [9.17, 15) is 19.8 Å². The van der Waals surface area contributed by atoms with Gasteiger partial charge >= 0.3 is 48.5 Å². The van der Waals surface area contributed by atoms with Crippen molar-refractivity contribution in [2.45, 2.75) is 87.9 Å². The monoisotopic (exact) mass is 473 g/mol. The summed E-state index contributed by atoms with van der Waals surface area (Å²) in [5, 5.41) is 19.5. The molecule has 0 unspecified atom stereocenters. The van der Waals surface area contributed by atoms with Crippen LogP contribution in [-0.2, 0) is 14.3 Å². The zero-order valence-corrected chi connectivity index (χ0v) is 19.5. The Morgan fingerprint density at radius 2 is 1.04 bits per heavy atom. The van der Waals surface area contributed by atoms with E-state index in [1.54, 1.807) is 0 Å². The molecule has 24 heavy (non-hydrogen) atoms. The van der Waals surface area contributed by atoms with E-state index in [-0.39, 0.29) is 12.8 Å². The summed E-state index contributed by atoms with van der Waals surface area (Å²) in [6.07, 6.45) is 6.07. The maximum atomic E-state index is 9.76. The molecule has 0 spiro atoms. The fraction of sp³-hybridized carbons (Fsp3) is 0.889. The first-order valence-electron chi connectivity index (χ1n) is 8.99. The van der Waals surface area contributed by atoms with E-state index < -0.39 is 11.9 Å². The molecule has 0 saturated carbocycles. The first-order chi connectivity index (χ1) is 11.4. The maximum absolute atomic E-state index is 9.76. The number of hydrogen-bond acceptors (Lipinski definition) is 5. The van der Waals surface area contributed by atoms with Crippen LogP contribution in [0.15, 0.2) is 0 Å². The van der Waals surface area contributed by atoms with Gasteiger partial charge in [0.2, 0.25) is 0 Å². The van der Waals surface area contributed by atoms with Crippen LogP contribution in [0.2, 0.25) is 1.94 Å². The van der Waals surface area contributed by atoms with Crippen molar-refractivity contribution in [3.05, 3.63) is 0 Å². The van der Waals surface area contributed by atoms with Crippen LogP contribution in [0.3, 0.4) is 0 Å². The van der Waals surface area contributed by atoms with E-state index in [0.29, 0.717) is 0 Å². The van der Waals surface area contributed by atoms with Crippen molar-refractivity contribution in [3.63, 3.8) is 0 Å². The van der Waals surface area contributed by atoms with Gasteiger partial charge in [-0.3, -0.25) is 0 Å². The standard InChI is InChI=1S/2C6H12O2.C4H10O.C2H5.Ce/c2*1-2-3-4-5-6(7)8;1-3-5-4-2;1-2;/h2*2-5H2,1H3,(H,7,8);3-4H2,1-2H3;1H2,2H3;/q;;;;+2/p-2. The van der Waals surface area contributed by atoms with Crippen molar-refractivity contribution in [2.24, 2.45) is 0 Å². The number of unbranched alkanes of at least 4 members (excludes halogenated alkanes) is 4. The van der Waals surface area contributed by atoms with Crippen molar-refractivity contribution >= 4 is 11.9 Å². The molecule has 0 radical (unpaired) electrons. The van der Waals surface area contributed by atoms with Crippen LogP contribution < -0.4 is 10.2 Å². The molecule has 0 aliphatic heterocycles. The molecule has 0 aromatic heterocycles. The van der Waals surface area contributed by atoms with Crippen molar-refractivity contribution in [3.8, 4) is 0 Å². The minimum atomic E-state index is -0.932. The summed E-state index contributed by atoms with van der Waals surface area (Å²) in [4.78, 5) is 19.5. The van der Waals surface area contributed by atoms with Crippen molar-refractivity contribution in [1.29, 1.82) is 0 Å². The molecule has 0 aliphatic rings. The molecular weight excluding hydrogens is 436 g/mol. The van der Waals surface area contributed by atoms with Crippen LogP contribution in [0.5, 0.6) is 0 Å². The molecule has 0 bridgehead atoms. The number of carbonyl (C=O) groups excluding carboxylic acids is 2. The summed E-state index contributed by atoms with van der Waals surface area (Å²) in [5.41, 5.74) is 0. The van der Waals surface area contributed by atoms with Crippen LogP contribution >= 0.6 is 0 Å². The normalized spacial score (nSPS) is 8.62. The Morgan fingerprint density at radius 3 is 1.17 bits per heavy atom. The van der Waals surface area contributed by atoms with Gasteiger partial charge in [0.25, 0.3) is 0 Å². The van der Waals surface area contributed by atoms with E-state index >= 15 is 0 Å². The van der Waals surface area contributed by atoms with Gasteiger partial charge in [0.15, 0.2) is 0 Å². The summed E-state index contributed by atoms with van der Waals surface area (Å²) < 4.78 is 6.22. The van der Waals surface area contributed by atoms with Gasteiger partial charge in [-0.2, -0.15) is 0 Å². The summed E-state index contributed by atoms with van der Waals surface area (Å²) in [6, 6.07) is 0. The molecule has 143 valence electrons. The number of rotatable bonds is 10. The first kappa shape index (κ1) is 32.0. The van der Waals surface area contributed by atoms with E-state index in [1.807, 2.05) is 27.7 Å². The average Bonchev–Trinajstić information content (AvgIpc) is 2.50. The third-order valence-corrected chi connectivity index (χ3v) is 2.38. The molecule has 0 atom stereocenters. The Bertz CT molecular complexity index is 213. The Balaban J connectivity index is -0.000000118. The van der Waals surface area contributed by atoms with E-state index in [0.717, 1.165) is 51.7 Å². The molecule has 0 amide bonds. The summed E-state index contributed by atoms with van der Waals surface area (Å²) in [5.74, 6) is -1.86. The number of carboxylic acids is 2. The molecule has 0 saturated heterocycles. The van der Waals surface area contributed by atoms with Gasteiger partial charge in [0.1, 0.15) is 0 Å². The third kappa shape index (κ3) is 66.9. The molecule has 0 aromatic rings. The average molecular weight is 474 g/mol. The molecule has 5 nitrogen and oxygen atoms in total. The van der Waals surface area contributed by atoms with Gasteiger partial charge in [-0.05, 0) is 39.5 Å². The minimum absolute atomic E-state index is 0.216. The summed E-state index contributed by atoms with van der Waals surface area (Å²) in [6.45, 7) is 11.9. The molecule has 0 heterocycles. The number of aliphatic carboxylic acids is 2. The Hall–Kier alpha value is 0.277. The van der Waals surface area contributed by atoms with Crippen LogP contribution in [0.4, 0.5) is 0 Å². The van der Waals surface area contributed by atoms with Crippen LogP contribution in [0.25, 0.3) is 0 Å². The topological polar surface area (TPSA) is 89.5 Å². The van der Waals surface area contributed by atoms with Crippen molar-refractivity contribution in [2.75, 3.05) is 13.2 Å². The quantitative estimate of drug-likeness (QED) is 0.455. The molecule has 0 N–H and O–H groups in total. The first-order valence-corrected chi connectivity index (χ1v) is 11.2. The van der Waals surface area contributed by atoms with Gasteiger partial charge in [-0.15, -0.1) is 0 Å². The van der Waals surface area contributed by atoms with Crippen molar-refractivity contribution < 1.29 is 64.2 Å². The summed E-state index contributed by atoms with van der Waals surface area (Å²) in [7, 11) is 0. The fourth-order valence-corrected chi connectivity index (χ4v) is 1.24. The van der Waals surface area contributed by atoms with Crippen LogP contribution in [-0.4, -0.2) is 25.2 Å². The Morgan fingerprint density at radius 1 is 0.750 bits per heavy atom. The van der Waals surface area contributed by atoms with Crippen LogP contribution in [0.1, 0.15) is 86.0 Å². The van der Waals surface area contributed by atoms with Gasteiger partial charge in [0, 0.05) is 25.2 Å². The molecule has 0 aromatic carbocycles. The van der Waals surface area contributed by atoms with Gasteiger partial charge in [-0.25, -0.2) is 0 Å². The predicted molar refractivity (Wildman–Crippen MR) is 90.9 cm³/mol. The molecule has 0 rings (SSSR count). The number of carboxylic acid groups (broad SMARTS) is 2. The second-order valence-corrected chi connectivity index (χ2v) is 7.01. The van der Waals surface area contributed by atoms with Gasteiger partial charge in [-0.1, -0.05) is 39.5 Å². The van der Waals surface area contributed by atoms with E-state index in [1.165, 1.54) is 41.6 Å². The fourth-order valence-electron chi connectivity index (χ4n) is 1.24. The number of hydrogen-bond donors (Lipinski definition) is 0. The Labute approximate surface area is 176 Å².